The molecule has 1 heterocycles. The van der Waals surface area contributed by atoms with Crippen LogP contribution in [0.25, 0.3) is 0 Å². The Morgan fingerprint density at radius 2 is 2.00 bits per heavy atom. The molecule has 2 aliphatic rings. The molecule has 1 N–H and O–H groups in total. The third-order valence-electron chi connectivity index (χ3n) is 5.95. The molecule has 1 saturated heterocycles. The van der Waals surface area contributed by atoms with Crippen molar-refractivity contribution in [3.8, 4) is 0 Å². The number of nitrogens with zero attached hydrogens (tertiary/aromatic N) is 1. The van der Waals surface area contributed by atoms with Crippen LogP contribution in [0.5, 0.6) is 0 Å². The molecule has 0 spiro atoms. The minimum Gasteiger partial charge on any atom is -0.378 e. The summed E-state index contributed by atoms with van der Waals surface area (Å²) < 4.78 is 11.8. The predicted molar refractivity (Wildman–Crippen MR) is 93.3 cm³/mol. The van der Waals surface area contributed by atoms with E-state index in [0.29, 0.717) is 24.5 Å². The van der Waals surface area contributed by atoms with Crippen LogP contribution < -0.4 is 0 Å². The van der Waals surface area contributed by atoms with E-state index in [4.69, 9.17) is 9.47 Å². The molecule has 2 fully saturated rings. The molecule has 0 aromatic rings. The highest BCUT2D eigenvalue weighted by molar-refractivity contribution is 4.87. The van der Waals surface area contributed by atoms with Crippen molar-refractivity contribution in [2.45, 2.75) is 64.8 Å². The first-order valence-corrected chi connectivity index (χ1v) is 9.55. The van der Waals surface area contributed by atoms with Crippen molar-refractivity contribution in [2.75, 3.05) is 33.9 Å². The highest BCUT2D eigenvalue weighted by Gasteiger charge is 2.40. The lowest BCUT2D eigenvalue weighted by Crippen LogP contribution is -2.39. The molecule has 0 amide bonds. The summed E-state index contributed by atoms with van der Waals surface area (Å²) in [6, 6.07) is 0. The van der Waals surface area contributed by atoms with Gasteiger partial charge in [-0.3, -0.25) is 0 Å². The standard InChI is InChI=1S/C19H37NO3/c1-14-9-10-16-7-5-8-17(18(16)13-23-14)15(2)19(21)22-12-6-11-20(3)4/h14-19,21H,5-13H2,1-4H3/t14?,15-,16?,17?,18?,19?/m1/s1. The average molecular weight is 328 g/mol. The fourth-order valence-electron chi connectivity index (χ4n) is 4.42. The van der Waals surface area contributed by atoms with Gasteiger partial charge in [0.15, 0.2) is 6.29 Å². The van der Waals surface area contributed by atoms with Crippen LogP contribution in [-0.2, 0) is 9.47 Å². The lowest BCUT2D eigenvalue weighted by atomic mass is 9.66. The van der Waals surface area contributed by atoms with Gasteiger partial charge in [-0.15, -0.1) is 0 Å². The Bertz CT molecular complexity index is 337. The maximum atomic E-state index is 10.5. The summed E-state index contributed by atoms with van der Waals surface area (Å²) in [6.45, 7) is 6.86. The van der Waals surface area contributed by atoms with Crippen LogP contribution in [0.3, 0.4) is 0 Å². The van der Waals surface area contributed by atoms with Crippen molar-refractivity contribution >= 4 is 0 Å². The van der Waals surface area contributed by atoms with Gasteiger partial charge in [0.05, 0.1) is 19.3 Å². The molecule has 0 aromatic heterocycles. The van der Waals surface area contributed by atoms with Crippen molar-refractivity contribution in [3.05, 3.63) is 0 Å². The smallest absolute Gasteiger partial charge is 0.157 e. The van der Waals surface area contributed by atoms with E-state index in [1.807, 2.05) is 0 Å². The third-order valence-corrected chi connectivity index (χ3v) is 5.95. The number of rotatable bonds is 7. The highest BCUT2D eigenvalue weighted by atomic mass is 16.6. The summed E-state index contributed by atoms with van der Waals surface area (Å²) in [5.41, 5.74) is 0. The summed E-state index contributed by atoms with van der Waals surface area (Å²) >= 11 is 0. The van der Waals surface area contributed by atoms with Gasteiger partial charge in [0, 0.05) is 5.92 Å². The summed E-state index contributed by atoms with van der Waals surface area (Å²) in [7, 11) is 4.13. The maximum absolute atomic E-state index is 10.5. The molecule has 0 radical (unpaired) electrons. The Hall–Kier alpha value is -0.160. The van der Waals surface area contributed by atoms with Gasteiger partial charge >= 0.3 is 0 Å². The first-order chi connectivity index (χ1) is 11.0. The topological polar surface area (TPSA) is 41.9 Å². The Morgan fingerprint density at radius 3 is 2.74 bits per heavy atom. The minimum absolute atomic E-state index is 0.194. The summed E-state index contributed by atoms with van der Waals surface area (Å²) in [5, 5.41) is 10.5. The lowest BCUT2D eigenvalue weighted by Gasteiger charge is -2.41. The molecule has 1 aliphatic heterocycles. The van der Waals surface area contributed by atoms with Gasteiger partial charge in [0.1, 0.15) is 0 Å². The largest absolute Gasteiger partial charge is 0.378 e. The van der Waals surface area contributed by atoms with E-state index in [-0.39, 0.29) is 5.92 Å². The van der Waals surface area contributed by atoms with E-state index in [2.05, 4.69) is 32.8 Å². The number of aliphatic hydroxyl groups excluding tert-OH is 1. The first-order valence-electron chi connectivity index (χ1n) is 9.55. The van der Waals surface area contributed by atoms with E-state index in [9.17, 15) is 5.11 Å². The molecule has 23 heavy (non-hydrogen) atoms. The van der Waals surface area contributed by atoms with Crippen LogP contribution >= 0.6 is 0 Å². The monoisotopic (exact) mass is 327 g/mol. The molecule has 2 rings (SSSR count). The van der Waals surface area contributed by atoms with E-state index in [1.54, 1.807) is 0 Å². The lowest BCUT2D eigenvalue weighted by molar-refractivity contribution is -0.156. The fraction of sp³-hybridized carbons (Fsp3) is 1.00. The molecule has 4 nitrogen and oxygen atoms in total. The van der Waals surface area contributed by atoms with E-state index in [0.717, 1.165) is 25.5 Å². The summed E-state index contributed by atoms with van der Waals surface area (Å²) in [6.07, 6.45) is 7.03. The third kappa shape index (κ3) is 5.70. The molecular weight excluding hydrogens is 290 g/mol. The van der Waals surface area contributed by atoms with Crippen molar-refractivity contribution in [3.63, 3.8) is 0 Å². The quantitative estimate of drug-likeness (QED) is 0.576. The van der Waals surface area contributed by atoms with Gasteiger partial charge in [-0.25, -0.2) is 0 Å². The van der Waals surface area contributed by atoms with Crippen LogP contribution in [0.2, 0.25) is 0 Å². The van der Waals surface area contributed by atoms with Gasteiger partial charge in [0.25, 0.3) is 0 Å². The second kappa shape index (κ2) is 9.36. The first kappa shape index (κ1) is 19.2. The Kier molecular flexibility index (Phi) is 7.80. The molecular formula is C19H37NO3. The Morgan fingerprint density at radius 1 is 1.22 bits per heavy atom. The van der Waals surface area contributed by atoms with Gasteiger partial charge in [-0.2, -0.15) is 0 Å². The van der Waals surface area contributed by atoms with Crippen LogP contribution in [0, 0.1) is 23.7 Å². The Labute approximate surface area is 142 Å². The average Bonchev–Trinajstić information content (AvgIpc) is 2.72. The molecule has 0 bridgehead atoms. The molecule has 136 valence electrons. The molecule has 0 aromatic carbocycles. The predicted octanol–water partition coefficient (Wildman–Crippen LogP) is 3.14. The number of fused-ring (bicyclic) bond motifs is 1. The number of hydrogen-bond donors (Lipinski definition) is 1. The van der Waals surface area contributed by atoms with Gasteiger partial charge in [-0.1, -0.05) is 19.8 Å². The highest BCUT2D eigenvalue weighted by Crippen LogP contribution is 2.44. The van der Waals surface area contributed by atoms with Crippen molar-refractivity contribution in [2.24, 2.45) is 23.7 Å². The summed E-state index contributed by atoms with van der Waals surface area (Å²) in [4.78, 5) is 2.15. The van der Waals surface area contributed by atoms with E-state index >= 15 is 0 Å². The zero-order chi connectivity index (χ0) is 16.8. The maximum Gasteiger partial charge on any atom is 0.157 e. The van der Waals surface area contributed by atoms with Crippen LogP contribution in [0.15, 0.2) is 0 Å². The number of aliphatic hydroxyl groups is 1. The zero-order valence-corrected chi connectivity index (χ0v) is 15.5. The molecule has 5 unspecified atom stereocenters. The molecule has 6 atom stereocenters. The molecule has 1 aliphatic carbocycles. The van der Waals surface area contributed by atoms with Gasteiger partial charge in [-0.05, 0) is 71.0 Å². The second-order valence-electron chi connectivity index (χ2n) is 8.02. The van der Waals surface area contributed by atoms with Gasteiger partial charge in [0.2, 0.25) is 0 Å². The van der Waals surface area contributed by atoms with Crippen LogP contribution in [-0.4, -0.2) is 56.3 Å². The fourth-order valence-corrected chi connectivity index (χ4v) is 4.42. The van der Waals surface area contributed by atoms with Crippen LogP contribution in [0.4, 0.5) is 0 Å². The molecule has 4 heteroatoms. The SMILES string of the molecule is CC1CCC2CCCC([C@@H](C)C(O)OCCCN(C)C)C2CO1. The minimum atomic E-state index is -0.637. The summed E-state index contributed by atoms with van der Waals surface area (Å²) in [5.74, 6) is 2.10. The van der Waals surface area contributed by atoms with Crippen molar-refractivity contribution < 1.29 is 14.6 Å². The van der Waals surface area contributed by atoms with E-state index in [1.165, 1.54) is 32.1 Å². The van der Waals surface area contributed by atoms with Crippen LogP contribution in [0.1, 0.15) is 52.4 Å². The normalized spacial score (nSPS) is 34.7. The van der Waals surface area contributed by atoms with Gasteiger partial charge < -0.3 is 19.5 Å². The van der Waals surface area contributed by atoms with Crippen molar-refractivity contribution in [1.29, 1.82) is 0 Å². The van der Waals surface area contributed by atoms with Crippen molar-refractivity contribution in [1.82, 2.24) is 4.90 Å². The zero-order valence-electron chi connectivity index (χ0n) is 15.5. The number of hydrogen-bond acceptors (Lipinski definition) is 4. The number of ether oxygens (including phenoxy) is 2. The van der Waals surface area contributed by atoms with E-state index < -0.39 is 6.29 Å². The second-order valence-corrected chi connectivity index (χ2v) is 8.02. The Balaban J connectivity index is 1.85. The molecule has 1 saturated carbocycles.